The quantitative estimate of drug-likeness (QED) is 0.674. The number of anilines is 2. The highest BCUT2D eigenvalue weighted by Crippen LogP contribution is 2.33. The Morgan fingerprint density at radius 2 is 1.85 bits per heavy atom. The van der Waals surface area contributed by atoms with E-state index in [2.05, 4.69) is 25.6 Å². The van der Waals surface area contributed by atoms with Gasteiger partial charge in [-0.1, -0.05) is 35.3 Å². The van der Waals surface area contributed by atoms with Gasteiger partial charge in [0.15, 0.2) is 0 Å². The second-order valence-corrected chi connectivity index (χ2v) is 7.14. The summed E-state index contributed by atoms with van der Waals surface area (Å²) in [5.41, 5.74) is 3.32. The van der Waals surface area contributed by atoms with Gasteiger partial charge in [0.05, 0.1) is 5.02 Å². The molecule has 1 unspecified atom stereocenters. The van der Waals surface area contributed by atoms with E-state index < -0.39 is 0 Å². The van der Waals surface area contributed by atoms with Gasteiger partial charge >= 0.3 is 0 Å². The van der Waals surface area contributed by atoms with Gasteiger partial charge in [0.25, 0.3) is 0 Å². The summed E-state index contributed by atoms with van der Waals surface area (Å²) >= 11 is 12.1. The van der Waals surface area contributed by atoms with E-state index in [4.69, 9.17) is 23.2 Å². The van der Waals surface area contributed by atoms with Crippen molar-refractivity contribution in [1.29, 1.82) is 0 Å². The molecule has 0 radical (unpaired) electrons. The maximum Gasteiger partial charge on any atom is 0.222 e. The maximum absolute atomic E-state index is 6.08. The number of rotatable bonds is 5. The molecule has 1 aliphatic heterocycles. The van der Waals surface area contributed by atoms with Gasteiger partial charge in [-0.25, -0.2) is 15.0 Å². The highest BCUT2D eigenvalue weighted by molar-refractivity contribution is 6.30. The van der Waals surface area contributed by atoms with Crippen molar-refractivity contribution in [1.82, 2.24) is 15.0 Å². The SMILES string of the molecule is Clc1cccc(CNc2ncc(CC3CNc4ncc(Cl)cc43)cn2)c1. The summed E-state index contributed by atoms with van der Waals surface area (Å²) in [6.45, 7) is 1.47. The highest BCUT2D eigenvalue weighted by Gasteiger charge is 2.24. The minimum atomic E-state index is 0.324. The predicted molar refractivity (Wildman–Crippen MR) is 105 cm³/mol. The molecule has 1 aromatic carbocycles. The minimum absolute atomic E-state index is 0.324. The van der Waals surface area contributed by atoms with Gasteiger partial charge in [-0.15, -0.1) is 0 Å². The molecule has 0 fully saturated rings. The highest BCUT2D eigenvalue weighted by atomic mass is 35.5. The number of fused-ring (bicyclic) bond motifs is 1. The number of hydrogen-bond acceptors (Lipinski definition) is 5. The lowest BCUT2D eigenvalue weighted by atomic mass is 9.96. The van der Waals surface area contributed by atoms with Crippen molar-refractivity contribution < 1.29 is 0 Å². The van der Waals surface area contributed by atoms with Crippen LogP contribution in [0.25, 0.3) is 0 Å². The van der Waals surface area contributed by atoms with E-state index in [-0.39, 0.29) is 0 Å². The zero-order valence-corrected chi connectivity index (χ0v) is 15.4. The van der Waals surface area contributed by atoms with E-state index in [0.29, 0.717) is 23.4 Å². The van der Waals surface area contributed by atoms with E-state index in [1.54, 1.807) is 6.20 Å². The Hall–Kier alpha value is -2.37. The molecule has 0 saturated carbocycles. The predicted octanol–water partition coefficient (Wildman–Crippen LogP) is 4.54. The number of hydrogen-bond donors (Lipinski definition) is 2. The van der Waals surface area contributed by atoms with Gasteiger partial charge in [0.1, 0.15) is 5.82 Å². The van der Waals surface area contributed by atoms with E-state index in [0.717, 1.165) is 40.5 Å². The summed E-state index contributed by atoms with van der Waals surface area (Å²) in [6.07, 6.45) is 6.24. The summed E-state index contributed by atoms with van der Waals surface area (Å²) in [4.78, 5) is 13.2. The average Bonchev–Trinajstić information content (AvgIpc) is 3.03. The van der Waals surface area contributed by atoms with Crippen LogP contribution in [0.5, 0.6) is 0 Å². The van der Waals surface area contributed by atoms with E-state index in [9.17, 15) is 0 Å². The number of benzene rings is 1. The van der Waals surface area contributed by atoms with Gasteiger partial charge < -0.3 is 10.6 Å². The Balaban J connectivity index is 1.39. The van der Waals surface area contributed by atoms with E-state index in [1.165, 1.54) is 0 Å². The van der Waals surface area contributed by atoms with E-state index >= 15 is 0 Å². The molecule has 0 amide bonds. The Bertz CT molecular complexity index is 914. The second kappa shape index (κ2) is 7.48. The van der Waals surface area contributed by atoms with Gasteiger partial charge in [-0.3, -0.25) is 0 Å². The molecular weight excluding hydrogens is 369 g/mol. The van der Waals surface area contributed by atoms with Crippen LogP contribution < -0.4 is 10.6 Å². The smallest absolute Gasteiger partial charge is 0.222 e. The normalized spacial score (nSPS) is 15.4. The van der Waals surface area contributed by atoms with Crippen molar-refractivity contribution in [2.24, 2.45) is 0 Å². The molecule has 132 valence electrons. The molecule has 5 nitrogen and oxygen atoms in total. The van der Waals surface area contributed by atoms with Crippen LogP contribution in [-0.4, -0.2) is 21.5 Å². The zero-order chi connectivity index (χ0) is 17.9. The fourth-order valence-electron chi connectivity index (χ4n) is 3.09. The van der Waals surface area contributed by atoms with Gasteiger partial charge in [-0.05, 0) is 35.7 Å². The lowest BCUT2D eigenvalue weighted by Crippen LogP contribution is -2.08. The third-order valence-corrected chi connectivity index (χ3v) is 4.81. The topological polar surface area (TPSA) is 62.7 Å². The Labute approximate surface area is 161 Å². The zero-order valence-electron chi connectivity index (χ0n) is 13.9. The van der Waals surface area contributed by atoms with Crippen LogP contribution >= 0.6 is 23.2 Å². The summed E-state index contributed by atoms with van der Waals surface area (Å²) in [5.74, 6) is 1.84. The lowest BCUT2D eigenvalue weighted by molar-refractivity contribution is 0.745. The molecule has 0 bridgehead atoms. The van der Waals surface area contributed by atoms with Crippen LogP contribution in [0.15, 0.2) is 48.9 Å². The first-order valence-corrected chi connectivity index (χ1v) is 9.11. The van der Waals surface area contributed by atoms with Crippen LogP contribution in [0.1, 0.15) is 22.6 Å². The molecule has 3 heterocycles. The first-order chi connectivity index (χ1) is 12.7. The van der Waals surface area contributed by atoms with Gasteiger partial charge in [0, 0.05) is 48.2 Å². The molecule has 0 aliphatic carbocycles. The molecule has 2 N–H and O–H groups in total. The molecule has 3 aromatic rings. The molecule has 1 atom stereocenters. The summed E-state index contributed by atoms with van der Waals surface area (Å²) < 4.78 is 0. The van der Waals surface area contributed by atoms with Crippen LogP contribution in [0.3, 0.4) is 0 Å². The minimum Gasteiger partial charge on any atom is -0.369 e. The second-order valence-electron chi connectivity index (χ2n) is 6.27. The summed E-state index contributed by atoms with van der Waals surface area (Å²) in [5, 5.41) is 7.91. The Kier molecular flexibility index (Phi) is 4.91. The number of nitrogens with one attached hydrogen (secondary N) is 2. The maximum atomic E-state index is 6.08. The number of pyridine rings is 1. The number of halogens is 2. The van der Waals surface area contributed by atoms with Crippen molar-refractivity contribution in [2.45, 2.75) is 18.9 Å². The molecule has 26 heavy (non-hydrogen) atoms. The molecule has 2 aromatic heterocycles. The molecule has 7 heteroatoms. The summed E-state index contributed by atoms with van der Waals surface area (Å²) in [7, 11) is 0. The largest absolute Gasteiger partial charge is 0.369 e. The molecule has 1 aliphatic rings. The average molecular weight is 386 g/mol. The summed E-state index contributed by atoms with van der Waals surface area (Å²) in [6, 6.07) is 9.70. The molecule has 0 spiro atoms. The van der Waals surface area contributed by atoms with Crippen molar-refractivity contribution in [3.05, 3.63) is 75.7 Å². The number of nitrogens with zero attached hydrogens (tertiary/aromatic N) is 3. The molecule has 0 saturated heterocycles. The molecular formula is C19H17Cl2N5. The van der Waals surface area contributed by atoms with Crippen molar-refractivity contribution in [2.75, 3.05) is 17.2 Å². The van der Waals surface area contributed by atoms with E-state index in [1.807, 2.05) is 42.7 Å². The molecule has 4 rings (SSSR count). The van der Waals surface area contributed by atoms with Crippen molar-refractivity contribution in [3.8, 4) is 0 Å². The fourth-order valence-corrected chi connectivity index (χ4v) is 3.47. The van der Waals surface area contributed by atoms with Gasteiger partial charge in [0.2, 0.25) is 5.95 Å². The Morgan fingerprint density at radius 3 is 2.65 bits per heavy atom. The third kappa shape index (κ3) is 3.89. The van der Waals surface area contributed by atoms with Crippen molar-refractivity contribution >= 4 is 35.0 Å². The fraction of sp³-hybridized carbons (Fsp3) is 0.211. The van der Waals surface area contributed by atoms with Crippen LogP contribution in [0.4, 0.5) is 11.8 Å². The first-order valence-electron chi connectivity index (χ1n) is 8.36. The standard InChI is InChI=1S/C19H17Cl2N5/c20-15-3-1-2-12(5-15)7-24-19-25-8-13(9-26-19)4-14-10-22-18-17(14)6-16(21)11-23-18/h1-3,5-6,8-9,11,14H,4,7,10H2,(H,22,23)(H,24,25,26). The third-order valence-electron chi connectivity index (χ3n) is 4.37. The first kappa shape index (κ1) is 17.1. The van der Waals surface area contributed by atoms with Crippen LogP contribution in [-0.2, 0) is 13.0 Å². The van der Waals surface area contributed by atoms with Gasteiger partial charge in [-0.2, -0.15) is 0 Å². The van der Waals surface area contributed by atoms with Crippen molar-refractivity contribution in [3.63, 3.8) is 0 Å². The number of aromatic nitrogens is 3. The van der Waals surface area contributed by atoms with Crippen LogP contribution in [0, 0.1) is 0 Å². The monoisotopic (exact) mass is 385 g/mol. The van der Waals surface area contributed by atoms with Crippen LogP contribution in [0.2, 0.25) is 10.0 Å². The Morgan fingerprint density at radius 1 is 1.00 bits per heavy atom. The lowest BCUT2D eigenvalue weighted by Gasteiger charge is -2.10.